The van der Waals surface area contributed by atoms with E-state index in [1.54, 1.807) is 0 Å². The SMILES string of the molecule is CCO[Si](CCCc1ccc2c(c1)CO[Si](C)(C)O2)(OCC)OCC. The quantitative estimate of drug-likeness (QED) is 0.564. The first-order valence-electron chi connectivity index (χ1n) is 9.30. The topological polar surface area (TPSA) is 46.2 Å². The van der Waals surface area contributed by atoms with Crippen LogP contribution in [0.15, 0.2) is 18.2 Å². The van der Waals surface area contributed by atoms with Gasteiger partial charge in [0.25, 0.3) is 0 Å². The summed E-state index contributed by atoms with van der Waals surface area (Å²) in [6.45, 7) is 12.7. The summed E-state index contributed by atoms with van der Waals surface area (Å²) in [5.41, 5.74) is 2.44. The lowest BCUT2D eigenvalue weighted by Crippen LogP contribution is -2.46. The highest BCUT2D eigenvalue weighted by molar-refractivity contribution is 6.65. The smallest absolute Gasteiger partial charge is 0.500 e. The molecular formula is C18H32O5Si2. The summed E-state index contributed by atoms with van der Waals surface area (Å²) < 4.78 is 29.6. The minimum atomic E-state index is -2.54. The number of fused-ring (bicyclic) bond motifs is 1. The van der Waals surface area contributed by atoms with Crippen molar-refractivity contribution in [1.29, 1.82) is 0 Å². The zero-order valence-corrected chi connectivity index (χ0v) is 18.2. The van der Waals surface area contributed by atoms with Crippen molar-refractivity contribution in [2.75, 3.05) is 19.8 Å². The normalized spacial score (nSPS) is 16.4. The maximum Gasteiger partial charge on any atom is 0.500 e. The second-order valence-corrected chi connectivity index (χ2v) is 12.6. The van der Waals surface area contributed by atoms with Crippen molar-refractivity contribution in [3.8, 4) is 5.75 Å². The highest BCUT2D eigenvalue weighted by atomic mass is 28.4. The summed E-state index contributed by atoms with van der Waals surface area (Å²) >= 11 is 0. The van der Waals surface area contributed by atoms with Gasteiger partial charge in [0, 0.05) is 31.4 Å². The molecule has 1 aromatic rings. The second-order valence-electron chi connectivity index (χ2n) is 6.57. The number of aryl methyl sites for hydroxylation is 1. The summed E-state index contributed by atoms with van der Waals surface area (Å²) in [5, 5.41) is 0. The van der Waals surface area contributed by atoms with Crippen LogP contribution in [0.2, 0.25) is 19.1 Å². The van der Waals surface area contributed by atoms with Gasteiger partial charge in [-0.2, -0.15) is 0 Å². The molecule has 0 amide bonds. The molecule has 25 heavy (non-hydrogen) atoms. The third kappa shape index (κ3) is 5.90. The molecule has 0 atom stereocenters. The van der Waals surface area contributed by atoms with Crippen molar-refractivity contribution in [2.45, 2.75) is 59.4 Å². The average molecular weight is 385 g/mol. The molecule has 0 radical (unpaired) electrons. The molecule has 1 aromatic carbocycles. The van der Waals surface area contributed by atoms with Crippen LogP contribution in [-0.2, 0) is 30.7 Å². The Morgan fingerprint density at radius 2 is 1.68 bits per heavy atom. The highest BCUT2D eigenvalue weighted by Crippen LogP contribution is 2.30. The maximum absolute atomic E-state index is 5.99. The lowest BCUT2D eigenvalue weighted by atomic mass is 10.1. The van der Waals surface area contributed by atoms with Crippen molar-refractivity contribution < 1.29 is 22.1 Å². The molecule has 0 fully saturated rings. The van der Waals surface area contributed by atoms with Gasteiger partial charge in [-0.3, -0.25) is 0 Å². The van der Waals surface area contributed by atoms with Gasteiger partial charge in [0.1, 0.15) is 5.75 Å². The summed E-state index contributed by atoms with van der Waals surface area (Å²) in [5.74, 6) is 0.980. The minimum Gasteiger partial charge on any atom is -0.520 e. The Bertz CT molecular complexity index is 533. The Morgan fingerprint density at radius 3 is 2.28 bits per heavy atom. The lowest BCUT2D eigenvalue weighted by molar-refractivity contribution is 0.0708. The summed E-state index contributed by atoms with van der Waals surface area (Å²) in [7, 11) is -4.52. The molecular weight excluding hydrogens is 352 g/mol. The van der Waals surface area contributed by atoms with Gasteiger partial charge in [-0.1, -0.05) is 6.07 Å². The Labute approximate surface area is 154 Å². The van der Waals surface area contributed by atoms with Crippen molar-refractivity contribution in [3.05, 3.63) is 29.3 Å². The van der Waals surface area contributed by atoms with Crippen LogP contribution in [0.25, 0.3) is 0 Å². The van der Waals surface area contributed by atoms with Crippen molar-refractivity contribution >= 4 is 17.4 Å². The monoisotopic (exact) mass is 384 g/mol. The van der Waals surface area contributed by atoms with Gasteiger partial charge in [-0.15, -0.1) is 0 Å². The van der Waals surface area contributed by atoms with Crippen molar-refractivity contribution in [3.63, 3.8) is 0 Å². The Balaban J connectivity index is 1.96. The molecule has 7 heteroatoms. The molecule has 0 unspecified atom stereocenters. The highest BCUT2D eigenvalue weighted by Gasteiger charge is 2.39. The first kappa shape index (κ1) is 20.6. The molecule has 0 N–H and O–H groups in total. The fraction of sp³-hybridized carbons (Fsp3) is 0.667. The lowest BCUT2D eigenvalue weighted by Gasteiger charge is -2.31. The van der Waals surface area contributed by atoms with Crippen LogP contribution in [0, 0.1) is 0 Å². The van der Waals surface area contributed by atoms with Crippen LogP contribution in [0.3, 0.4) is 0 Å². The van der Waals surface area contributed by atoms with Crippen LogP contribution in [-0.4, -0.2) is 37.2 Å². The summed E-state index contributed by atoms with van der Waals surface area (Å²) in [6, 6.07) is 7.27. The third-order valence-corrected chi connectivity index (χ3v) is 8.80. The number of benzene rings is 1. The van der Waals surface area contributed by atoms with E-state index >= 15 is 0 Å². The van der Waals surface area contributed by atoms with E-state index in [-0.39, 0.29) is 0 Å². The van der Waals surface area contributed by atoms with Crippen molar-refractivity contribution in [2.24, 2.45) is 0 Å². The maximum atomic E-state index is 5.99. The first-order valence-corrected chi connectivity index (χ1v) is 14.0. The van der Waals surface area contributed by atoms with Gasteiger partial charge < -0.3 is 22.1 Å². The van der Waals surface area contributed by atoms with Crippen LogP contribution in [0.4, 0.5) is 0 Å². The molecule has 1 aliphatic rings. The molecule has 0 bridgehead atoms. The first-order chi connectivity index (χ1) is 11.9. The number of hydrogen-bond donors (Lipinski definition) is 0. The zero-order chi connectivity index (χ0) is 18.3. The van der Waals surface area contributed by atoms with Crippen molar-refractivity contribution in [1.82, 2.24) is 0 Å². The fourth-order valence-corrected chi connectivity index (χ4v) is 6.96. The van der Waals surface area contributed by atoms with Crippen LogP contribution >= 0.6 is 0 Å². The molecule has 1 heterocycles. The minimum absolute atomic E-state index is 0.624. The average Bonchev–Trinajstić information content (AvgIpc) is 2.55. The van der Waals surface area contributed by atoms with E-state index in [0.29, 0.717) is 26.4 Å². The predicted octanol–water partition coefficient (Wildman–Crippen LogP) is 4.28. The molecule has 5 nitrogen and oxygen atoms in total. The molecule has 0 saturated carbocycles. The van der Waals surface area contributed by atoms with Gasteiger partial charge in [-0.25, -0.2) is 0 Å². The van der Waals surface area contributed by atoms with E-state index in [4.69, 9.17) is 22.1 Å². The summed E-state index contributed by atoms with van der Waals surface area (Å²) in [4.78, 5) is 0. The van der Waals surface area contributed by atoms with Gasteiger partial charge in [0.05, 0.1) is 6.61 Å². The third-order valence-electron chi connectivity index (χ3n) is 4.10. The molecule has 0 aromatic heterocycles. The number of hydrogen-bond acceptors (Lipinski definition) is 5. The van der Waals surface area contributed by atoms with Gasteiger partial charge >= 0.3 is 17.4 Å². The second kappa shape index (κ2) is 9.29. The van der Waals surface area contributed by atoms with Gasteiger partial charge in [0.15, 0.2) is 0 Å². The molecule has 0 aliphatic carbocycles. The molecule has 0 spiro atoms. The fourth-order valence-electron chi connectivity index (χ4n) is 3.06. The summed E-state index contributed by atoms with van der Waals surface area (Å²) in [6.07, 6.45) is 1.95. The Kier molecular flexibility index (Phi) is 7.66. The molecule has 1 aliphatic heterocycles. The Morgan fingerprint density at radius 1 is 1.04 bits per heavy atom. The Hall–Kier alpha value is -0.706. The van der Waals surface area contributed by atoms with Crippen LogP contribution in [0.5, 0.6) is 5.75 Å². The van der Waals surface area contributed by atoms with E-state index in [0.717, 1.165) is 30.2 Å². The van der Waals surface area contributed by atoms with E-state index in [2.05, 4.69) is 31.3 Å². The van der Waals surface area contributed by atoms with E-state index in [9.17, 15) is 0 Å². The molecule has 142 valence electrons. The van der Waals surface area contributed by atoms with E-state index in [1.807, 2.05) is 20.8 Å². The van der Waals surface area contributed by atoms with E-state index < -0.39 is 17.4 Å². The zero-order valence-electron chi connectivity index (χ0n) is 16.2. The largest absolute Gasteiger partial charge is 0.520 e. The van der Waals surface area contributed by atoms with E-state index in [1.165, 1.54) is 5.56 Å². The molecule has 0 saturated heterocycles. The standard InChI is InChI=1S/C18H32O5Si2/c1-6-19-25(20-7-2,21-8-3)13-9-10-16-11-12-18-17(14-16)15-22-24(4,5)23-18/h11-12,14H,6-10,13,15H2,1-5H3. The van der Waals surface area contributed by atoms with Crippen LogP contribution < -0.4 is 4.43 Å². The van der Waals surface area contributed by atoms with Crippen LogP contribution in [0.1, 0.15) is 38.3 Å². The van der Waals surface area contributed by atoms with Gasteiger partial charge in [0.2, 0.25) is 0 Å². The van der Waals surface area contributed by atoms with Gasteiger partial charge in [-0.05, 0) is 64.4 Å². The molecule has 2 rings (SSSR count). The number of rotatable bonds is 10. The predicted molar refractivity (Wildman–Crippen MR) is 103 cm³/mol.